The first-order chi connectivity index (χ1) is 9.97. The Labute approximate surface area is 129 Å². The lowest BCUT2D eigenvalue weighted by Crippen LogP contribution is -2.14. The summed E-state index contributed by atoms with van der Waals surface area (Å²) in [6.45, 7) is 1.97. The molecule has 0 aliphatic heterocycles. The number of aryl methyl sites for hydroxylation is 1. The molecule has 1 aromatic carbocycles. The van der Waals surface area contributed by atoms with Crippen LogP contribution in [-0.4, -0.2) is 20.4 Å². The number of sulfonamides is 1. The predicted octanol–water partition coefficient (Wildman–Crippen LogP) is 3.14. The van der Waals surface area contributed by atoms with Crippen molar-refractivity contribution >= 4 is 33.1 Å². The second-order valence-corrected chi connectivity index (χ2v) is 6.46. The summed E-state index contributed by atoms with van der Waals surface area (Å²) in [5.74, 6) is 0.435. The van der Waals surface area contributed by atoms with Crippen molar-refractivity contribution < 1.29 is 8.42 Å². The van der Waals surface area contributed by atoms with Crippen LogP contribution in [0, 0.1) is 0 Å². The average molecular weight is 326 g/mol. The average Bonchev–Trinajstić information content (AvgIpc) is 2.47. The van der Waals surface area contributed by atoms with Crippen molar-refractivity contribution in [2.75, 3.05) is 17.1 Å². The van der Waals surface area contributed by atoms with Gasteiger partial charge >= 0.3 is 0 Å². The minimum absolute atomic E-state index is 0.0254. The number of pyridine rings is 1. The number of anilines is 2. The lowest BCUT2D eigenvalue weighted by Gasteiger charge is -2.12. The van der Waals surface area contributed by atoms with Crippen molar-refractivity contribution in [3.8, 4) is 0 Å². The van der Waals surface area contributed by atoms with Gasteiger partial charge in [-0.15, -0.1) is 0 Å². The van der Waals surface area contributed by atoms with E-state index in [9.17, 15) is 8.42 Å². The summed E-state index contributed by atoms with van der Waals surface area (Å²) in [6, 6.07) is 8.64. The summed E-state index contributed by atoms with van der Waals surface area (Å²) in [5, 5.41) is 3.04. The molecule has 2 N–H and O–H groups in total. The van der Waals surface area contributed by atoms with Gasteiger partial charge in [0.05, 0.1) is 10.7 Å². The van der Waals surface area contributed by atoms with Crippen molar-refractivity contribution in [2.24, 2.45) is 0 Å². The van der Waals surface area contributed by atoms with E-state index in [4.69, 9.17) is 11.6 Å². The molecule has 7 heteroatoms. The maximum atomic E-state index is 12.4. The third-order valence-corrected chi connectivity index (χ3v) is 4.63. The van der Waals surface area contributed by atoms with Gasteiger partial charge in [0.15, 0.2) is 0 Å². The molecule has 0 spiro atoms. The molecule has 112 valence electrons. The van der Waals surface area contributed by atoms with Gasteiger partial charge in [0.1, 0.15) is 10.7 Å². The second-order valence-electron chi connectivity index (χ2n) is 4.37. The molecule has 21 heavy (non-hydrogen) atoms. The number of para-hydroxylation sites is 1. The second kappa shape index (κ2) is 6.32. The quantitative estimate of drug-likeness (QED) is 0.886. The zero-order chi connectivity index (χ0) is 15.5. The molecule has 0 saturated carbocycles. The lowest BCUT2D eigenvalue weighted by molar-refractivity contribution is 0.601. The third kappa shape index (κ3) is 3.46. The largest absolute Gasteiger partial charge is 0.372 e. The van der Waals surface area contributed by atoms with Crippen LogP contribution in [0.25, 0.3) is 0 Å². The van der Waals surface area contributed by atoms with E-state index >= 15 is 0 Å². The van der Waals surface area contributed by atoms with Gasteiger partial charge in [-0.25, -0.2) is 13.4 Å². The number of nitrogens with one attached hydrogen (secondary N) is 2. The highest BCUT2D eigenvalue weighted by atomic mass is 35.5. The highest BCUT2D eigenvalue weighted by molar-refractivity contribution is 7.92. The van der Waals surface area contributed by atoms with Crippen LogP contribution in [0.3, 0.4) is 0 Å². The van der Waals surface area contributed by atoms with Crippen LogP contribution < -0.4 is 10.0 Å². The van der Waals surface area contributed by atoms with Crippen LogP contribution in [0.5, 0.6) is 0 Å². The number of aromatic nitrogens is 1. The lowest BCUT2D eigenvalue weighted by atomic mass is 10.1. The molecular weight excluding hydrogens is 310 g/mol. The molecule has 2 aromatic rings. The van der Waals surface area contributed by atoms with Gasteiger partial charge in [-0.1, -0.05) is 36.7 Å². The monoisotopic (exact) mass is 325 g/mol. The van der Waals surface area contributed by atoms with Gasteiger partial charge in [0, 0.05) is 13.2 Å². The molecule has 0 aliphatic rings. The number of halogens is 1. The number of rotatable bonds is 5. The van der Waals surface area contributed by atoms with E-state index < -0.39 is 10.0 Å². The van der Waals surface area contributed by atoms with Crippen LogP contribution in [0.15, 0.2) is 41.4 Å². The smallest absolute Gasteiger partial charge is 0.263 e. The zero-order valence-corrected chi connectivity index (χ0v) is 13.3. The topological polar surface area (TPSA) is 71.1 Å². The summed E-state index contributed by atoms with van der Waals surface area (Å²) in [5.41, 5.74) is 1.49. The first-order valence-corrected chi connectivity index (χ1v) is 8.28. The molecule has 0 aliphatic carbocycles. The van der Waals surface area contributed by atoms with E-state index in [2.05, 4.69) is 15.0 Å². The van der Waals surface area contributed by atoms with Crippen LogP contribution in [0.1, 0.15) is 12.5 Å². The number of benzene rings is 1. The molecular formula is C14H16ClN3O2S. The van der Waals surface area contributed by atoms with Crippen molar-refractivity contribution in [2.45, 2.75) is 18.2 Å². The fourth-order valence-electron chi connectivity index (χ4n) is 1.88. The number of hydrogen-bond donors (Lipinski definition) is 2. The van der Waals surface area contributed by atoms with E-state index in [1.165, 1.54) is 12.3 Å². The fraction of sp³-hybridized carbons (Fsp3) is 0.214. The summed E-state index contributed by atoms with van der Waals surface area (Å²) in [6.07, 6.45) is 2.00. The molecule has 0 unspecified atom stereocenters. The molecule has 0 amide bonds. The van der Waals surface area contributed by atoms with E-state index in [0.717, 1.165) is 12.0 Å². The predicted molar refractivity (Wildman–Crippen MR) is 85.4 cm³/mol. The number of hydrogen-bond acceptors (Lipinski definition) is 4. The molecule has 0 fully saturated rings. The molecule has 0 saturated heterocycles. The Morgan fingerprint density at radius 1 is 1.29 bits per heavy atom. The van der Waals surface area contributed by atoms with E-state index in [1.54, 1.807) is 19.2 Å². The Bertz CT molecular complexity index is 748. The van der Waals surface area contributed by atoms with E-state index in [1.807, 2.05) is 19.1 Å². The van der Waals surface area contributed by atoms with Gasteiger partial charge < -0.3 is 5.32 Å². The Morgan fingerprint density at radius 2 is 2.00 bits per heavy atom. The standard InChI is InChI=1S/C14H16ClN3O2S/c1-3-10-6-4-5-7-13(10)18-21(19,20)11-8-12(15)14(16-2)17-9-11/h4-9,18H,3H2,1-2H3,(H,16,17). The highest BCUT2D eigenvalue weighted by Crippen LogP contribution is 2.24. The maximum Gasteiger partial charge on any atom is 0.263 e. The Hall–Kier alpha value is -1.79. The van der Waals surface area contributed by atoms with Crippen molar-refractivity contribution in [1.29, 1.82) is 0 Å². The Balaban J connectivity index is 2.36. The zero-order valence-electron chi connectivity index (χ0n) is 11.7. The van der Waals surface area contributed by atoms with Crippen LogP contribution in [-0.2, 0) is 16.4 Å². The molecule has 0 atom stereocenters. The van der Waals surface area contributed by atoms with Crippen molar-refractivity contribution in [1.82, 2.24) is 4.98 Å². The maximum absolute atomic E-state index is 12.4. The molecule has 2 rings (SSSR count). The molecule has 1 heterocycles. The van der Waals surface area contributed by atoms with E-state index in [-0.39, 0.29) is 9.92 Å². The fourth-order valence-corrected chi connectivity index (χ4v) is 3.28. The van der Waals surface area contributed by atoms with Crippen LogP contribution in [0.2, 0.25) is 5.02 Å². The summed E-state index contributed by atoms with van der Waals surface area (Å²) in [7, 11) is -2.05. The minimum Gasteiger partial charge on any atom is -0.372 e. The van der Waals surface area contributed by atoms with Gasteiger partial charge in [0.2, 0.25) is 0 Å². The van der Waals surface area contributed by atoms with Gasteiger partial charge in [-0.2, -0.15) is 0 Å². The summed E-state index contributed by atoms with van der Waals surface area (Å²) < 4.78 is 27.4. The first kappa shape index (κ1) is 15.6. The van der Waals surface area contributed by atoms with Crippen LogP contribution in [0.4, 0.5) is 11.5 Å². The Kier molecular flexibility index (Phi) is 4.69. The summed E-state index contributed by atoms with van der Waals surface area (Å²) in [4.78, 5) is 4.01. The molecule has 0 bridgehead atoms. The third-order valence-electron chi connectivity index (χ3n) is 3.01. The molecule has 1 aromatic heterocycles. The summed E-state index contributed by atoms with van der Waals surface area (Å²) >= 11 is 5.98. The minimum atomic E-state index is -3.72. The van der Waals surface area contributed by atoms with Crippen molar-refractivity contribution in [3.05, 3.63) is 47.1 Å². The van der Waals surface area contributed by atoms with Gasteiger partial charge in [0.25, 0.3) is 10.0 Å². The Morgan fingerprint density at radius 3 is 2.62 bits per heavy atom. The van der Waals surface area contributed by atoms with Gasteiger partial charge in [-0.05, 0) is 24.1 Å². The molecule has 0 radical (unpaired) electrons. The van der Waals surface area contributed by atoms with Crippen molar-refractivity contribution in [3.63, 3.8) is 0 Å². The van der Waals surface area contributed by atoms with Gasteiger partial charge in [-0.3, -0.25) is 4.72 Å². The van der Waals surface area contributed by atoms with Crippen LogP contribution >= 0.6 is 11.6 Å². The SMILES string of the molecule is CCc1ccccc1NS(=O)(=O)c1cnc(NC)c(Cl)c1. The molecule has 5 nitrogen and oxygen atoms in total. The normalized spacial score (nSPS) is 11.2. The highest BCUT2D eigenvalue weighted by Gasteiger charge is 2.17. The number of nitrogens with zero attached hydrogens (tertiary/aromatic N) is 1. The first-order valence-electron chi connectivity index (χ1n) is 6.42. The van der Waals surface area contributed by atoms with E-state index in [0.29, 0.717) is 11.5 Å².